The summed E-state index contributed by atoms with van der Waals surface area (Å²) in [5.41, 5.74) is 3.82. The molecule has 3 unspecified atom stereocenters. The van der Waals surface area contributed by atoms with Crippen LogP contribution in [0.3, 0.4) is 0 Å². The van der Waals surface area contributed by atoms with Crippen molar-refractivity contribution in [1.82, 2.24) is 15.1 Å². The number of aliphatic hydroxyl groups excluding tert-OH is 1. The van der Waals surface area contributed by atoms with Crippen LogP contribution in [0.15, 0.2) is 30.5 Å². The quantitative estimate of drug-likeness (QED) is 0.877. The number of nitriles is 1. The maximum atomic E-state index is 9.75. The summed E-state index contributed by atoms with van der Waals surface area (Å²) < 4.78 is 1.91. The van der Waals surface area contributed by atoms with E-state index in [1.54, 1.807) is 0 Å². The fourth-order valence-corrected chi connectivity index (χ4v) is 3.88. The molecule has 1 aliphatic carbocycles. The van der Waals surface area contributed by atoms with Crippen LogP contribution in [-0.2, 0) is 0 Å². The van der Waals surface area contributed by atoms with Gasteiger partial charge in [0.1, 0.15) is 0 Å². The number of aliphatic hydroxyl groups is 1. The molecule has 1 heterocycles. The minimum Gasteiger partial charge on any atom is -0.396 e. The first kappa shape index (κ1) is 17.7. The lowest BCUT2D eigenvalue weighted by atomic mass is 9.85. The summed E-state index contributed by atoms with van der Waals surface area (Å²) in [6.07, 6.45) is 5.24. The average Bonchev–Trinajstić information content (AvgIpc) is 3.19. The third-order valence-corrected chi connectivity index (χ3v) is 5.65. The molecule has 3 atom stereocenters. The van der Waals surface area contributed by atoms with E-state index in [0.717, 1.165) is 36.2 Å². The largest absolute Gasteiger partial charge is 0.396 e. The van der Waals surface area contributed by atoms with Gasteiger partial charge in [0, 0.05) is 35.4 Å². The van der Waals surface area contributed by atoms with Gasteiger partial charge in [0.25, 0.3) is 0 Å². The van der Waals surface area contributed by atoms with Gasteiger partial charge in [-0.2, -0.15) is 10.4 Å². The Labute approximate surface area is 149 Å². The van der Waals surface area contributed by atoms with E-state index >= 15 is 0 Å². The second kappa shape index (κ2) is 6.99. The van der Waals surface area contributed by atoms with Crippen LogP contribution in [0.4, 0.5) is 0 Å². The van der Waals surface area contributed by atoms with Crippen LogP contribution in [0, 0.1) is 23.7 Å². The second-order valence-corrected chi connectivity index (χ2v) is 7.40. The van der Waals surface area contributed by atoms with Crippen molar-refractivity contribution in [3.05, 3.63) is 47.3 Å². The molecule has 5 heteroatoms. The third-order valence-electron chi connectivity index (χ3n) is 5.65. The highest BCUT2D eigenvalue weighted by Crippen LogP contribution is 2.38. The molecule has 25 heavy (non-hydrogen) atoms. The summed E-state index contributed by atoms with van der Waals surface area (Å²) >= 11 is 0. The molecule has 0 spiro atoms. The number of nitrogens with zero attached hydrogens (tertiary/aromatic N) is 3. The van der Waals surface area contributed by atoms with Gasteiger partial charge in [-0.25, -0.2) is 4.68 Å². The SMILES string of the molecule is Cc1c(C(C)NC2CCCC2(C)CO)cnn1-c1ccc(C#N)cc1. The van der Waals surface area contributed by atoms with Crippen molar-refractivity contribution in [2.24, 2.45) is 5.41 Å². The Kier molecular flexibility index (Phi) is 4.94. The van der Waals surface area contributed by atoms with Gasteiger partial charge in [0.15, 0.2) is 0 Å². The first-order valence-corrected chi connectivity index (χ1v) is 8.90. The van der Waals surface area contributed by atoms with Crippen LogP contribution in [-0.4, -0.2) is 27.5 Å². The minimum absolute atomic E-state index is 0.0364. The van der Waals surface area contributed by atoms with Crippen molar-refractivity contribution in [2.75, 3.05) is 6.61 Å². The van der Waals surface area contributed by atoms with Crippen LogP contribution < -0.4 is 5.32 Å². The summed E-state index contributed by atoms with van der Waals surface area (Å²) in [5, 5.41) is 26.9. The van der Waals surface area contributed by atoms with Gasteiger partial charge in [-0.05, 0) is 51.0 Å². The van der Waals surface area contributed by atoms with Gasteiger partial charge in [0.05, 0.1) is 23.5 Å². The number of hydrogen-bond donors (Lipinski definition) is 2. The van der Waals surface area contributed by atoms with E-state index in [0.29, 0.717) is 11.6 Å². The fraction of sp³-hybridized carbons (Fsp3) is 0.500. The van der Waals surface area contributed by atoms with Crippen LogP contribution in [0.1, 0.15) is 56.0 Å². The average molecular weight is 338 g/mol. The highest BCUT2D eigenvalue weighted by atomic mass is 16.3. The number of aromatic nitrogens is 2. The predicted molar refractivity (Wildman–Crippen MR) is 97.4 cm³/mol. The minimum atomic E-state index is -0.0364. The Morgan fingerprint density at radius 1 is 1.44 bits per heavy atom. The van der Waals surface area contributed by atoms with Gasteiger partial charge in [0.2, 0.25) is 0 Å². The molecule has 2 aromatic rings. The van der Waals surface area contributed by atoms with Crippen molar-refractivity contribution in [3.63, 3.8) is 0 Å². The van der Waals surface area contributed by atoms with Crippen LogP contribution >= 0.6 is 0 Å². The van der Waals surface area contributed by atoms with E-state index in [1.165, 1.54) is 0 Å². The molecule has 0 saturated heterocycles. The number of hydrogen-bond acceptors (Lipinski definition) is 4. The monoisotopic (exact) mass is 338 g/mol. The van der Waals surface area contributed by atoms with Gasteiger partial charge in [-0.15, -0.1) is 0 Å². The zero-order valence-electron chi connectivity index (χ0n) is 15.2. The zero-order chi connectivity index (χ0) is 18.0. The molecule has 1 aromatic heterocycles. The molecule has 1 fully saturated rings. The second-order valence-electron chi connectivity index (χ2n) is 7.40. The van der Waals surface area contributed by atoms with Crippen molar-refractivity contribution >= 4 is 0 Å². The Morgan fingerprint density at radius 2 is 2.16 bits per heavy atom. The normalized spacial score (nSPS) is 24.2. The lowest BCUT2D eigenvalue weighted by Crippen LogP contribution is -2.43. The highest BCUT2D eigenvalue weighted by Gasteiger charge is 2.38. The Morgan fingerprint density at radius 3 is 2.80 bits per heavy atom. The summed E-state index contributed by atoms with van der Waals surface area (Å²) in [4.78, 5) is 0. The fourth-order valence-electron chi connectivity index (χ4n) is 3.88. The van der Waals surface area contributed by atoms with E-state index < -0.39 is 0 Å². The highest BCUT2D eigenvalue weighted by molar-refractivity contribution is 5.41. The van der Waals surface area contributed by atoms with Crippen LogP contribution in [0.25, 0.3) is 5.69 Å². The summed E-state index contributed by atoms with van der Waals surface area (Å²) in [7, 11) is 0. The first-order valence-electron chi connectivity index (χ1n) is 8.90. The molecule has 0 bridgehead atoms. The summed E-state index contributed by atoms with van der Waals surface area (Å²) in [6.45, 7) is 6.61. The molecule has 0 radical (unpaired) electrons. The Hall–Kier alpha value is -2.16. The van der Waals surface area contributed by atoms with Crippen molar-refractivity contribution in [2.45, 2.75) is 52.1 Å². The molecule has 0 amide bonds. The molecule has 5 nitrogen and oxygen atoms in total. The molecular formula is C20H26N4O. The summed E-state index contributed by atoms with van der Waals surface area (Å²) in [6, 6.07) is 10.1. The molecule has 1 aliphatic rings. The molecule has 0 aliphatic heterocycles. The van der Waals surface area contributed by atoms with Crippen molar-refractivity contribution < 1.29 is 5.11 Å². The van der Waals surface area contributed by atoms with E-state index in [-0.39, 0.29) is 18.1 Å². The first-order chi connectivity index (χ1) is 12.0. The zero-order valence-corrected chi connectivity index (χ0v) is 15.2. The molecule has 1 aromatic carbocycles. The Balaban J connectivity index is 1.79. The number of nitrogens with one attached hydrogen (secondary N) is 1. The maximum absolute atomic E-state index is 9.75. The Bertz CT molecular complexity index is 774. The smallest absolute Gasteiger partial charge is 0.0991 e. The lowest BCUT2D eigenvalue weighted by Gasteiger charge is -2.32. The predicted octanol–water partition coefficient (Wildman–Crippen LogP) is 3.25. The maximum Gasteiger partial charge on any atom is 0.0991 e. The van der Waals surface area contributed by atoms with Crippen molar-refractivity contribution in [3.8, 4) is 11.8 Å². The van der Waals surface area contributed by atoms with Gasteiger partial charge in [-0.3, -0.25) is 0 Å². The topological polar surface area (TPSA) is 73.9 Å². The molecule has 1 saturated carbocycles. The summed E-state index contributed by atoms with van der Waals surface area (Å²) in [5.74, 6) is 0. The van der Waals surface area contributed by atoms with E-state index in [4.69, 9.17) is 5.26 Å². The number of rotatable bonds is 5. The molecule has 132 valence electrons. The van der Waals surface area contributed by atoms with Gasteiger partial charge < -0.3 is 10.4 Å². The van der Waals surface area contributed by atoms with Gasteiger partial charge >= 0.3 is 0 Å². The molecule has 3 rings (SSSR count). The van der Waals surface area contributed by atoms with E-state index in [9.17, 15) is 5.11 Å². The lowest BCUT2D eigenvalue weighted by molar-refractivity contribution is 0.114. The van der Waals surface area contributed by atoms with Crippen molar-refractivity contribution in [1.29, 1.82) is 5.26 Å². The number of benzene rings is 1. The van der Waals surface area contributed by atoms with Crippen LogP contribution in [0.5, 0.6) is 0 Å². The van der Waals surface area contributed by atoms with E-state index in [2.05, 4.69) is 37.3 Å². The third kappa shape index (κ3) is 3.33. The molecular weight excluding hydrogens is 312 g/mol. The van der Waals surface area contributed by atoms with Gasteiger partial charge in [-0.1, -0.05) is 13.3 Å². The van der Waals surface area contributed by atoms with Crippen LogP contribution in [0.2, 0.25) is 0 Å². The molecule has 2 N–H and O–H groups in total. The van der Waals surface area contributed by atoms with E-state index in [1.807, 2.05) is 35.1 Å². The standard InChI is InChI=1S/C20H26N4O/c1-14(23-19-5-4-10-20(19,3)13-25)18-12-22-24(15(18)2)17-8-6-16(11-21)7-9-17/h6-9,12,14,19,23,25H,4-5,10,13H2,1-3H3.